The summed E-state index contributed by atoms with van der Waals surface area (Å²) in [5.74, 6) is -0.121. The summed E-state index contributed by atoms with van der Waals surface area (Å²) in [6, 6.07) is -0.280. The Bertz CT molecular complexity index is 385. The lowest BCUT2D eigenvalue weighted by atomic mass is 9.86. The zero-order chi connectivity index (χ0) is 15.8. The van der Waals surface area contributed by atoms with Crippen LogP contribution in [0.15, 0.2) is 0 Å². The molecule has 0 spiro atoms. The van der Waals surface area contributed by atoms with Crippen molar-refractivity contribution in [1.29, 1.82) is 0 Å². The molecule has 1 rings (SSSR count). The van der Waals surface area contributed by atoms with Crippen molar-refractivity contribution in [3.05, 3.63) is 0 Å². The minimum absolute atomic E-state index is 0.105. The summed E-state index contributed by atoms with van der Waals surface area (Å²) < 4.78 is 23.3. The molecule has 5 unspecified atom stereocenters. The van der Waals surface area contributed by atoms with Gasteiger partial charge < -0.3 is 19.3 Å². The van der Waals surface area contributed by atoms with Crippen LogP contribution in [0, 0.1) is 5.92 Å². The Balaban J connectivity index is 2.81. The molecular weight excluding hydrogens is 278 g/mol. The fourth-order valence-electron chi connectivity index (χ4n) is 2.20. The van der Waals surface area contributed by atoms with E-state index in [-0.39, 0.29) is 24.4 Å². The van der Waals surface area contributed by atoms with Crippen molar-refractivity contribution in [2.75, 3.05) is 0 Å². The van der Waals surface area contributed by atoms with Gasteiger partial charge in [-0.15, -0.1) is 0 Å². The van der Waals surface area contributed by atoms with E-state index in [9.17, 15) is 14.6 Å². The standard InChI is InChI=1S/C13H26BO5P/c1-6-13(5,15)20(16,17)19-12(3,4)9(2)10-7-8-11(14)18-10/h9-11,15H,6-8H2,1-5H3,(H,16,17). The fraction of sp³-hybridized carbons (Fsp3) is 1.00. The summed E-state index contributed by atoms with van der Waals surface area (Å²) in [7, 11) is 1.56. The summed E-state index contributed by atoms with van der Waals surface area (Å²) in [5, 5.41) is 8.26. The third kappa shape index (κ3) is 3.86. The van der Waals surface area contributed by atoms with E-state index in [1.54, 1.807) is 20.8 Å². The van der Waals surface area contributed by atoms with E-state index in [2.05, 4.69) is 0 Å². The lowest BCUT2D eigenvalue weighted by Gasteiger charge is -2.39. The van der Waals surface area contributed by atoms with Crippen LogP contribution in [0.1, 0.15) is 53.9 Å². The molecule has 0 aromatic heterocycles. The second-order valence-corrected chi connectivity index (χ2v) is 8.55. The third-order valence-electron chi connectivity index (χ3n) is 4.38. The van der Waals surface area contributed by atoms with Crippen LogP contribution in [0.5, 0.6) is 0 Å². The van der Waals surface area contributed by atoms with Gasteiger partial charge in [0.05, 0.1) is 11.7 Å². The topological polar surface area (TPSA) is 76.0 Å². The van der Waals surface area contributed by atoms with Crippen LogP contribution in [0.25, 0.3) is 0 Å². The first-order valence-corrected chi connectivity index (χ1v) is 8.68. The van der Waals surface area contributed by atoms with Gasteiger partial charge in [0.1, 0.15) is 7.85 Å². The van der Waals surface area contributed by atoms with E-state index >= 15 is 0 Å². The molecule has 0 amide bonds. The van der Waals surface area contributed by atoms with Gasteiger partial charge in [-0.05, 0) is 40.0 Å². The Morgan fingerprint density at radius 2 is 2.00 bits per heavy atom. The molecule has 5 nitrogen and oxygen atoms in total. The SMILES string of the molecule is [B]C1CCC(C(C)C(C)(C)OP(=O)(O)C(C)(O)CC)O1. The Morgan fingerprint density at radius 1 is 1.45 bits per heavy atom. The van der Waals surface area contributed by atoms with Crippen LogP contribution in [0.4, 0.5) is 0 Å². The monoisotopic (exact) mass is 304 g/mol. The predicted molar refractivity (Wildman–Crippen MR) is 78.7 cm³/mol. The average Bonchev–Trinajstić information content (AvgIpc) is 2.73. The highest BCUT2D eigenvalue weighted by Gasteiger charge is 2.48. The average molecular weight is 304 g/mol. The molecule has 2 N–H and O–H groups in total. The highest BCUT2D eigenvalue weighted by atomic mass is 31.2. The first-order valence-electron chi connectivity index (χ1n) is 7.10. The molecule has 0 bridgehead atoms. The number of aliphatic hydroxyl groups is 1. The molecule has 0 aromatic carbocycles. The van der Waals surface area contributed by atoms with E-state index < -0.39 is 18.5 Å². The molecule has 116 valence electrons. The second kappa shape index (κ2) is 6.09. The van der Waals surface area contributed by atoms with E-state index in [0.29, 0.717) is 0 Å². The maximum atomic E-state index is 12.3. The maximum absolute atomic E-state index is 12.3. The molecule has 0 saturated carbocycles. The molecule has 0 aliphatic carbocycles. The second-order valence-electron chi connectivity index (χ2n) is 6.36. The Kier molecular flexibility index (Phi) is 5.54. The van der Waals surface area contributed by atoms with E-state index in [4.69, 9.17) is 17.1 Å². The first kappa shape index (κ1) is 18.2. The van der Waals surface area contributed by atoms with Gasteiger partial charge in [0.15, 0.2) is 5.34 Å². The minimum Gasteiger partial charge on any atom is -0.384 e. The van der Waals surface area contributed by atoms with Crippen molar-refractivity contribution in [2.24, 2.45) is 5.92 Å². The van der Waals surface area contributed by atoms with Crippen LogP contribution < -0.4 is 0 Å². The fourth-order valence-corrected chi connectivity index (χ4v) is 3.61. The molecule has 2 radical (unpaired) electrons. The summed E-state index contributed by atoms with van der Waals surface area (Å²) in [6.07, 6.45) is 1.60. The van der Waals surface area contributed by atoms with Crippen molar-refractivity contribution >= 4 is 15.4 Å². The van der Waals surface area contributed by atoms with Crippen molar-refractivity contribution in [3.8, 4) is 0 Å². The van der Waals surface area contributed by atoms with Crippen LogP contribution >= 0.6 is 7.60 Å². The molecule has 1 heterocycles. The van der Waals surface area contributed by atoms with Crippen LogP contribution in [0.2, 0.25) is 0 Å². The number of hydrogen-bond donors (Lipinski definition) is 2. The number of ether oxygens (including phenoxy) is 1. The van der Waals surface area contributed by atoms with Crippen LogP contribution in [-0.4, -0.2) is 40.9 Å². The molecular formula is C13H26BO5P. The smallest absolute Gasteiger partial charge is 0.359 e. The first-order chi connectivity index (χ1) is 8.93. The van der Waals surface area contributed by atoms with Gasteiger partial charge in [0.25, 0.3) is 0 Å². The molecule has 1 aliphatic heterocycles. The largest absolute Gasteiger partial charge is 0.384 e. The van der Waals surface area contributed by atoms with E-state index in [0.717, 1.165) is 12.8 Å². The lowest BCUT2D eigenvalue weighted by Crippen LogP contribution is -2.41. The predicted octanol–water partition coefficient (Wildman–Crippen LogP) is 2.40. The Morgan fingerprint density at radius 3 is 2.40 bits per heavy atom. The van der Waals surface area contributed by atoms with Crippen molar-refractivity contribution in [1.82, 2.24) is 0 Å². The van der Waals surface area contributed by atoms with Gasteiger partial charge in [-0.2, -0.15) is 0 Å². The normalized spacial score (nSPS) is 31.6. The molecule has 20 heavy (non-hydrogen) atoms. The Labute approximate surface area is 123 Å². The lowest BCUT2D eigenvalue weighted by molar-refractivity contribution is -0.0518. The molecule has 0 aromatic rings. The third-order valence-corrected chi connectivity index (χ3v) is 6.63. The molecule has 5 atom stereocenters. The van der Waals surface area contributed by atoms with Crippen molar-refractivity contribution in [3.63, 3.8) is 0 Å². The summed E-state index contributed by atoms with van der Waals surface area (Å²) in [4.78, 5) is 10.0. The number of rotatable bonds is 6. The Hall–Kier alpha value is 0.135. The highest BCUT2D eigenvalue weighted by Crippen LogP contribution is 2.59. The van der Waals surface area contributed by atoms with Gasteiger partial charge >= 0.3 is 7.60 Å². The van der Waals surface area contributed by atoms with Crippen LogP contribution in [-0.2, 0) is 13.8 Å². The van der Waals surface area contributed by atoms with Crippen LogP contribution in [0.3, 0.4) is 0 Å². The van der Waals surface area contributed by atoms with E-state index in [1.807, 2.05) is 6.92 Å². The minimum atomic E-state index is -4.16. The maximum Gasteiger partial charge on any atom is 0.359 e. The van der Waals surface area contributed by atoms with Gasteiger partial charge in [0.2, 0.25) is 0 Å². The molecule has 1 saturated heterocycles. The van der Waals surface area contributed by atoms with Gasteiger partial charge in [-0.25, -0.2) is 0 Å². The zero-order valence-electron chi connectivity index (χ0n) is 13.0. The van der Waals surface area contributed by atoms with E-state index in [1.165, 1.54) is 6.92 Å². The molecule has 7 heteroatoms. The summed E-state index contributed by atoms with van der Waals surface area (Å²) >= 11 is 0. The zero-order valence-corrected chi connectivity index (χ0v) is 13.9. The van der Waals surface area contributed by atoms with Crippen molar-refractivity contribution < 1.29 is 23.8 Å². The highest BCUT2D eigenvalue weighted by molar-refractivity contribution is 7.54. The quantitative estimate of drug-likeness (QED) is 0.582. The van der Waals surface area contributed by atoms with Gasteiger partial charge in [0, 0.05) is 11.9 Å². The van der Waals surface area contributed by atoms with Crippen molar-refractivity contribution in [2.45, 2.75) is 76.9 Å². The number of hydrogen-bond acceptors (Lipinski definition) is 4. The van der Waals surface area contributed by atoms with Gasteiger partial charge in [-0.1, -0.05) is 13.8 Å². The summed E-state index contributed by atoms with van der Waals surface area (Å²) in [5.41, 5.74) is -0.905. The summed E-state index contributed by atoms with van der Waals surface area (Å²) in [6.45, 7) is 8.33. The molecule has 1 aliphatic rings. The molecule has 1 fully saturated rings. The van der Waals surface area contributed by atoms with Gasteiger partial charge in [-0.3, -0.25) is 4.57 Å².